The van der Waals surface area contributed by atoms with Crippen molar-refractivity contribution in [3.8, 4) is 16.9 Å². The second kappa shape index (κ2) is 5.80. The molecule has 2 aromatic carbocycles. The summed E-state index contributed by atoms with van der Waals surface area (Å²) in [5.74, 6) is 0.582. The molecule has 0 atom stereocenters. The lowest BCUT2D eigenvalue weighted by molar-refractivity contribution is 0.415. The number of hydrogen-bond acceptors (Lipinski definition) is 1. The summed E-state index contributed by atoms with van der Waals surface area (Å²) < 4.78 is 5.11. The third-order valence-corrected chi connectivity index (χ3v) is 3.88. The summed E-state index contributed by atoms with van der Waals surface area (Å²) in [5.41, 5.74) is 2.21. The van der Waals surface area contributed by atoms with Crippen LogP contribution in [0.5, 0.6) is 5.75 Å². The summed E-state index contributed by atoms with van der Waals surface area (Å²) in [7, 11) is 1.55. The van der Waals surface area contributed by atoms with Crippen molar-refractivity contribution in [1.82, 2.24) is 0 Å². The molecule has 0 unspecified atom stereocenters. The summed E-state index contributed by atoms with van der Waals surface area (Å²) in [6.45, 7) is 1.92. The van der Waals surface area contributed by atoms with Crippen molar-refractivity contribution in [1.29, 1.82) is 0 Å². The van der Waals surface area contributed by atoms with E-state index in [1.165, 1.54) is 0 Å². The molecule has 0 saturated carbocycles. The van der Waals surface area contributed by atoms with Gasteiger partial charge in [-0.1, -0.05) is 46.4 Å². The third-order valence-electron chi connectivity index (χ3n) is 2.69. The van der Waals surface area contributed by atoms with E-state index in [2.05, 4.69) is 0 Å². The van der Waals surface area contributed by atoms with Crippen LogP contribution < -0.4 is 4.74 Å². The Morgan fingerprint density at radius 3 is 1.47 bits per heavy atom. The molecule has 0 radical (unpaired) electrons. The molecule has 2 rings (SSSR count). The first kappa shape index (κ1) is 14.8. The summed E-state index contributed by atoms with van der Waals surface area (Å²) >= 11 is 25.0. The maximum atomic E-state index is 6.25. The quantitative estimate of drug-likeness (QED) is 0.627. The highest BCUT2D eigenvalue weighted by Gasteiger charge is 2.17. The van der Waals surface area contributed by atoms with Crippen LogP contribution in [0.25, 0.3) is 11.1 Å². The van der Waals surface area contributed by atoms with Gasteiger partial charge >= 0.3 is 0 Å². The fourth-order valence-electron chi connectivity index (χ4n) is 1.85. The van der Waals surface area contributed by atoms with Gasteiger partial charge in [0.1, 0.15) is 5.75 Å². The van der Waals surface area contributed by atoms with E-state index in [9.17, 15) is 0 Å². The number of ether oxygens (including phenoxy) is 1. The van der Waals surface area contributed by atoms with Gasteiger partial charge in [0.15, 0.2) is 0 Å². The van der Waals surface area contributed by atoms with E-state index in [1.54, 1.807) is 19.2 Å². The Kier molecular flexibility index (Phi) is 4.52. The molecule has 0 spiro atoms. The second-order valence-corrected chi connectivity index (χ2v) is 5.70. The molecule has 100 valence electrons. The molecular formula is C14H10Cl4O. The fourth-order valence-corrected chi connectivity index (χ4v) is 3.29. The number of benzene rings is 2. The van der Waals surface area contributed by atoms with E-state index in [-0.39, 0.29) is 0 Å². The van der Waals surface area contributed by atoms with E-state index in [0.717, 1.165) is 5.56 Å². The lowest BCUT2D eigenvalue weighted by atomic mass is 10.0. The zero-order valence-electron chi connectivity index (χ0n) is 10.2. The molecule has 0 amide bonds. The van der Waals surface area contributed by atoms with Crippen LogP contribution in [0.2, 0.25) is 20.1 Å². The van der Waals surface area contributed by atoms with E-state index < -0.39 is 0 Å². The lowest BCUT2D eigenvalue weighted by Crippen LogP contribution is -1.89. The Bertz CT molecular complexity index is 591. The summed E-state index contributed by atoms with van der Waals surface area (Å²) in [4.78, 5) is 0. The van der Waals surface area contributed by atoms with Crippen molar-refractivity contribution in [3.63, 3.8) is 0 Å². The van der Waals surface area contributed by atoms with Crippen LogP contribution in [0.3, 0.4) is 0 Å². The van der Waals surface area contributed by atoms with Crippen LogP contribution in [0, 0.1) is 6.92 Å². The van der Waals surface area contributed by atoms with Gasteiger partial charge in [-0.05, 0) is 36.8 Å². The highest BCUT2D eigenvalue weighted by molar-refractivity contribution is 6.44. The Hall–Kier alpha value is -0.600. The van der Waals surface area contributed by atoms with Crippen molar-refractivity contribution >= 4 is 46.4 Å². The molecule has 0 N–H and O–H groups in total. The number of methoxy groups -OCH3 is 1. The van der Waals surface area contributed by atoms with Gasteiger partial charge in [-0.15, -0.1) is 0 Å². The lowest BCUT2D eigenvalue weighted by Gasteiger charge is -2.13. The smallest absolute Gasteiger partial charge is 0.121 e. The molecular weight excluding hydrogens is 326 g/mol. The Balaban J connectivity index is 2.73. The maximum absolute atomic E-state index is 6.25. The van der Waals surface area contributed by atoms with E-state index in [1.807, 2.05) is 19.1 Å². The fraction of sp³-hybridized carbons (Fsp3) is 0.143. The average Bonchev–Trinajstić information content (AvgIpc) is 2.31. The number of halogens is 4. The largest absolute Gasteiger partial charge is 0.497 e. The summed E-state index contributed by atoms with van der Waals surface area (Å²) in [5, 5.41) is 1.91. The average molecular weight is 336 g/mol. The highest BCUT2D eigenvalue weighted by atomic mass is 35.5. The molecule has 19 heavy (non-hydrogen) atoms. The molecule has 1 nitrogen and oxygen atoms in total. The SMILES string of the molecule is COc1cc(Cl)c(-c2c(Cl)cc(C)cc2Cl)c(Cl)c1. The maximum Gasteiger partial charge on any atom is 0.121 e. The first-order chi connectivity index (χ1) is 8.93. The molecule has 0 aliphatic heterocycles. The first-order valence-electron chi connectivity index (χ1n) is 5.43. The predicted molar refractivity (Wildman–Crippen MR) is 83.2 cm³/mol. The van der Waals surface area contributed by atoms with Crippen LogP contribution in [-0.4, -0.2) is 7.11 Å². The van der Waals surface area contributed by atoms with Gasteiger partial charge in [-0.2, -0.15) is 0 Å². The van der Waals surface area contributed by atoms with Gasteiger partial charge < -0.3 is 4.74 Å². The van der Waals surface area contributed by atoms with Gasteiger partial charge in [0.25, 0.3) is 0 Å². The zero-order chi connectivity index (χ0) is 14.2. The van der Waals surface area contributed by atoms with Gasteiger partial charge in [-0.25, -0.2) is 0 Å². The van der Waals surface area contributed by atoms with Crippen molar-refractivity contribution in [2.24, 2.45) is 0 Å². The Morgan fingerprint density at radius 2 is 1.11 bits per heavy atom. The van der Waals surface area contributed by atoms with Crippen LogP contribution in [0.1, 0.15) is 5.56 Å². The Morgan fingerprint density at radius 1 is 0.737 bits per heavy atom. The zero-order valence-corrected chi connectivity index (χ0v) is 13.3. The van der Waals surface area contributed by atoms with Crippen LogP contribution in [0.15, 0.2) is 24.3 Å². The monoisotopic (exact) mass is 334 g/mol. The highest BCUT2D eigenvalue weighted by Crippen LogP contribution is 2.44. The van der Waals surface area contributed by atoms with Crippen LogP contribution in [-0.2, 0) is 0 Å². The van der Waals surface area contributed by atoms with E-state index in [0.29, 0.717) is 37.0 Å². The van der Waals surface area contributed by atoms with E-state index in [4.69, 9.17) is 51.1 Å². The molecule has 2 aromatic rings. The standard InChI is InChI=1S/C14H10Cl4O/c1-7-3-9(15)13(10(16)4-7)14-11(17)5-8(19-2)6-12(14)18/h3-6H,1-2H3. The van der Waals surface area contributed by atoms with Crippen molar-refractivity contribution < 1.29 is 4.74 Å². The summed E-state index contributed by atoms with van der Waals surface area (Å²) in [6.07, 6.45) is 0. The second-order valence-electron chi connectivity index (χ2n) is 4.07. The Labute approximate surface area is 132 Å². The summed E-state index contributed by atoms with van der Waals surface area (Å²) in [6, 6.07) is 6.99. The number of hydrogen-bond donors (Lipinski definition) is 0. The molecule has 5 heteroatoms. The van der Waals surface area contributed by atoms with Crippen LogP contribution in [0.4, 0.5) is 0 Å². The van der Waals surface area contributed by atoms with Gasteiger partial charge in [0.2, 0.25) is 0 Å². The topological polar surface area (TPSA) is 9.23 Å². The van der Waals surface area contributed by atoms with Gasteiger partial charge in [0.05, 0.1) is 27.2 Å². The molecule has 0 aliphatic carbocycles. The van der Waals surface area contributed by atoms with Crippen molar-refractivity contribution in [2.75, 3.05) is 7.11 Å². The van der Waals surface area contributed by atoms with Gasteiger partial charge in [-0.3, -0.25) is 0 Å². The molecule has 0 aliphatic rings. The minimum atomic E-state index is 0.442. The molecule has 0 bridgehead atoms. The van der Waals surface area contributed by atoms with Gasteiger partial charge in [0, 0.05) is 11.1 Å². The van der Waals surface area contributed by atoms with E-state index >= 15 is 0 Å². The predicted octanol–water partition coefficient (Wildman–Crippen LogP) is 6.28. The molecule has 0 heterocycles. The minimum Gasteiger partial charge on any atom is -0.497 e. The number of aryl methyl sites for hydroxylation is 1. The minimum absolute atomic E-state index is 0.442. The number of rotatable bonds is 2. The molecule has 0 aromatic heterocycles. The van der Waals surface area contributed by atoms with Crippen molar-refractivity contribution in [3.05, 3.63) is 49.9 Å². The van der Waals surface area contributed by atoms with Crippen LogP contribution >= 0.6 is 46.4 Å². The molecule has 0 fully saturated rings. The third kappa shape index (κ3) is 2.95. The first-order valence-corrected chi connectivity index (χ1v) is 6.94. The molecule has 0 saturated heterocycles. The van der Waals surface area contributed by atoms with Crippen molar-refractivity contribution in [2.45, 2.75) is 6.92 Å². The normalized spacial score (nSPS) is 10.6.